The Morgan fingerprint density at radius 1 is 1.17 bits per heavy atom. The molecule has 1 saturated carbocycles. The van der Waals surface area contributed by atoms with Gasteiger partial charge in [-0.25, -0.2) is 4.39 Å². The van der Waals surface area contributed by atoms with Crippen LogP contribution in [0, 0.1) is 51.6 Å². The summed E-state index contributed by atoms with van der Waals surface area (Å²) in [5.74, 6) is 0.0754. The second-order valence-corrected chi connectivity index (χ2v) is 5.57. The summed E-state index contributed by atoms with van der Waals surface area (Å²) in [6, 6.07) is 8.28. The SMILES string of the molecule is [Ar].[CH2-]C.[CH2-]CCc1[nH]c2ccccc2c1C1CCCCC1F.[Y]. The summed E-state index contributed by atoms with van der Waals surface area (Å²) < 4.78 is 14.3. The van der Waals surface area contributed by atoms with Crippen molar-refractivity contribution < 1.29 is 74.8 Å². The quantitative estimate of drug-likeness (QED) is 0.612. The Balaban J connectivity index is 0.00000117. The fourth-order valence-corrected chi connectivity index (χ4v) is 3.43. The molecule has 0 amide bonds. The second-order valence-electron chi connectivity index (χ2n) is 5.57. The van der Waals surface area contributed by atoms with Crippen LogP contribution >= 0.6 is 0 Å². The van der Waals surface area contributed by atoms with Crippen molar-refractivity contribution in [2.45, 2.75) is 57.5 Å². The van der Waals surface area contributed by atoms with Gasteiger partial charge in [-0.2, -0.15) is 13.3 Å². The molecule has 2 atom stereocenters. The van der Waals surface area contributed by atoms with E-state index in [0.29, 0.717) is 6.42 Å². The molecule has 4 heteroatoms. The van der Waals surface area contributed by atoms with Gasteiger partial charge in [0, 0.05) is 93.0 Å². The van der Waals surface area contributed by atoms with Gasteiger partial charge in [-0.1, -0.05) is 31.0 Å². The number of benzene rings is 1. The van der Waals surface area contributed by atoms with E-state index < -0.39 is 6.17 Å². The Kier molecular flexibility index (Phi) is 13.0. The maximum atomic E-state index is 14.3. The van der Waals surface area contributed by atoms with Crippen LogP contribution in [0.1, 0.15) is 56.2 Å². The van der Waals surface area contributed by atoms with E-state index in [-0.39, 0.29) is 76.4 Å². The molecule has 1 aromatic heterocycles. The number of nitrogens with one attached hydrogen (secondary N) is 1. The van der Waals surface area contributed by atoms with Crippen LogP contribution in [-0.4, -0.2) is 11.2 Å². The third-order valence-electron chi connectivity index (χ3n) is 4.31. The van der Waals surface area contributed by atoms with E-state index in [1.807, 2.05) is 12.1 Å². The van der Waals surface area contributed by atoms with Gasteiger partial charge >= 0.3 is 0 Å². The first kappa shape index (κ1) is 24.1. The monoisotopic (exact) mass is 416 g/mol. The summed E-state index contributed by atoms with van der Waals surface area (Å²) in [6.45, 7) is 8.94. The van der Waals surface area contributed by atoms with E-state index in [9.17, 15) is 4.39 Å². The molecule has 0 aliphatic heterocycles. The van der Waals surface area contributed by atoms with Crippen molar-refractivity contribution in [1.82, 2.24) is 4.98 Å². The average Bonchev–Trinajstić information content (AvgIpc) is 2.88. The summed E-state index contributed by atoms with van der Waals surface area (Å²) in [7, 11) is 0. The molecule has 2 aromatic rings. The third kappa shape index (κ3) is 5.78. The first-order valence-electron chi connectivity index (χ1n) is 8.04. The molecule has 1 heterocycles. The zero-order chi connectivity index (χ0) is 15.2. The number of H-pyrrole nitrogens is 1. The molecule has 1 aromatic carbocycles. The number of aryl methyl sites for hydroxylation is 1. The van der Waals surface area contributed by atoms with Gasteiger partial charge in [0.25, 0.3) is 0 Å². The molecular weight excluding hydrogens is 390 g/mol. The van der Waals surface area contributed by atoms with Crippen molar-refractivity contribution in [2.24, 2.45) is 0 Å². The Bertz CT molecular complexity index is 569. The fourth-order valence-electron chi connectivity index (χ4n) is 3.43. The molecule has 127 valence electrons. The molecule has 1 radical (unpaired) electrons. The van der Waals surface area contributed by atoms with Crippen LogP contribution in [0.25, 0.3) is 10.9 Å². The van der Waals surface area contributed by atoms with Crippen molar-refractivity contribution in [3.05, 3.63) is 49.4 Å². The van der Waals surface area contributed by atoms with E-state index in [0.717, 1.165) is 37.6 Å². The van der Waals surface area contributed by atoms with Crippen molar-refractivity contribution in [2.75, 3.05) is 0 Å². The minimum atomic E-state index is -0.684. The molecule has 1 fully saturated rings. The number of rotatable bonds is 3. The summed E-state index contributed by atoms with van der Waals surface area (Å²) in [6.07, 6.45) is 4.95. The minimum Gasteiger partial charge on any atom is -0.358 e. The molecule has 2 unspecified atom stereocenters. The van der Waals surface area contributed by atoms with Crippen LogP contribution in [0.15, 0.2) is 24.3 Å². The smallest absolute Gasteiger partial charge is 0.107 e. The van der Waals surface area contributed by atoms with Gasteiger partial charge < -0.3 is 18.8 Å². The van der Waals surface area contributed by atoms with Crippen molar-refractivity contribution in [1.29, 1.82) is 0 Å². The van der Waals surface area contributed by atoms with Crippen LogP contribution in [0.4, 0.5) is 4.39 Å². The molecule has 1 nitrogen and oxygen atoms in total. The van der Waals surface area contributed by atoms with Gasteiger partial charge in [0.05, 0.1) is 0 Å². The first-order chi connectivity index (χ1) is 10.3. The number of aromatic amines is 1. The van der Waals surface area contributed by atoms with Crippen LogP contribution in [0.2, 0.25) is 0 Å². The Hall–Kier alpha value is 1.05. The molecule has 0 bridgehead atoms. The normalized spacial score (nSPS) is 20.0. The number of aromatic nitrogens is 1. The van der Waals surface area contributed by atoms with Crippen molar-refractivity contribution >= 4 is 10.9 Å². The van der Waals surface area contributed by atoms with Gasteiger partial charge in [0.15, 0.2) is 0 Å². The molecule has 23 heavy (non-hydrogen) atoms. The summed E-state index contributed by atoms with van der Waals surface area (Å²) in [4.78, 5) is 3.48. The molecule has 1 aliphatic carbocycles. The molecule has 0 saturated heterocycles. The maximum Gasteiger partial charge on any atom is 0.107 e. The van der Waals surface area contributed by atoms with E-state index in [2.05, 4.69) is 31.0 Å². The zero-order valence-electron chi connectivity index (χ0n) is 13.9. The van der Waals surface area contributed by atoms with Crippen molar-refractivity contribution in [3.63, 3.8) is 0 Å². The minimum absolute atomic E-state index is 0. The van der Waals surface area contributed by atoms with Gasteiger partial charge in [0.2, 0.25) is 0 Å². The van der Waals surface area contributed by atoms with Gasteiger partial charge in [-0.3, -0.25) is 0 Å². The Morgan fingerprint density at radius 2 is 1.83 bits per heavy atom. The number of hydrogen-bond donors (Lipinski definition) is 1. The number of halogens is 1. The molecule has 0 spiro atoms. The Morgan fingerprint density at radius 3 is 2.48 bits per heavy atom. The van der Waals surface area contributed by atoms with E-state index in [4.69, 9.17) is 0 Å². The van der Waals surface area contributed by atoms with Gasteiger partial charge in [-0.05, 0) is 30.9 Å². The fraction of sp³-hybridized carbons (Fsp3) is 0.474. The zero-order valence-corrected chi connectivity index (χ0v) is 17.5. The van der Waals surface area contributed by atoms with E-state index >= 15 is 0 Å². The van der Waals surface area contributed by atoms with E-state index in [1.165, 1.54) is 16.6 Å². The summed E-state index contributed by atoms with van der Waals surface area (Å²) in [5, 5.41) is 1.21. The molecule has 1 N–H and O–H groups in total. The van der Waals surface area contributed by atoms with Crippen molar-refractivity contribution in [3.8, 4) is 0 Å². The predicted molar refractivity (Wildman–Crippen MR) is 89.1 cm³/mol. The third-order valence-corrected chi connectivity index (χ3v) is 4.31. The Labute approximate surface area is 195 Å². The summed E-state index contributed by atoms with van der Waals surface area (Å²) >= 11 is 0. The molecule has 3 rings (SSSR count). The topological polar surface area (TPSA) is 15.8 Å². The number of alkyl halides is 1. The molecule has 1 aliphatic rings. The molecular formula is C19H26ArFNY-2. The number of para-hydroxylation sites is 1. The summed E-state index contributed by atoms with van der Waals surface area (Å²) in [5.41, 5.74) is 3.57. The number of hydrogen-bond acceptors (Lipinski definition) is 0. The standard InChI is InChI=1S/C17H21FN.C2H5.Ar.Y/c1-2-7-16-17(12-8-3-5-10-14(12)18)13-9-4-6-11-15(13)19-16;1-2;;/h4,6,9,11-12,14,19H,1-3,5,7-8,10H2;1H2,2H3;;/q2*-1;;. The van der Waals surface area contributed by atoms with Crippen LogP contribution in [0.3, 0.4) is 0 Å². The van der Waals surface area contributed by atoms with Gasteiger partial charge in [-0.15, -0.1) is 0 Å². The predicted octanol–water partition coefficient (Wildman–Crippen LogP) is 5.77. The van der Waals surface area contributed by atoms with E-state index in [1.54, 1.807) is 6.92 Å². The maximum absolute atomic E-state index is 14.3. The second kappa shape index (κ2) is 12.4. The largest absolute Gasteiger partial charge is 0.358 e. The average molecular weight is 416 g/mol. The van der Waals surface area contributed by atoms with Crippen LogP contribution < -0.4 is 0 Å². The van der Waals surface area contributed by atoms with Crippen LogP contribution in [-0.2, 0) is 39.1 Å². The number of fused-ring (bicyclic) bond motifs is 1. The first-order valence-corrected chi connectivity index (χ1v) is 8.04. The van der Waals surface area contributed by atoms with Crippen LogP contribution in [0.5, 0.6) is 0 Å². The van der Waals surface area contributed by atoms with Gasteiger partial charge in [0.1, 0.15) is 6.17 Å².